The van der Waals surface area contributed by atoms with Crippen LogP contribution in [0.4, 0.5) is 11.4 Å². The van der Waals surface area contributed by atoms with Crippen LogP contribution in [0.15, 0.2) is 84.4 Å². The maximum Gasteiger partial charge on any atom is 0.162 e. The molecule has 0 bridgehead atoms. The predicted octanol–water partition coefficient (Wildman–Crippen LogP) is 9.23. The predicted molar refractivity (Wildman–Crippen MR) is 171 cm³/mol. The molecule has 4 nitrogen and oxygen atoms in total. The van der Waals surface area contributed by atoms with Crippen LogP contribution in [0.3, 0.4) is 0 Å². The molecule has 0 amide bonds. The second kappa shape index (κ2) is 10.9. The van der Waals surface area contributed by atoms with Crippen LogP contribution >= 0.6 is 11.6 Å². The van der Waals surface area contributed by atoms with Gasteiger partial charge in [-0.3, -0.25) is 4.79 Å². The molecule has 2 aliphatic rings. The van der Waals surface area contributed by atoms with Crippen molar-refractivity contribution in [3.05, 3.63) is 106 Å². The Morgan fingerprint density at radius 3 is 2.46 bits per heavy atom. The summed E-state index contributed by atoms with van der Waals surface area (Å²) in [7, 11) is 0. The summed E-state index contributed by atoms with van der Waals surface area (Å²) in [5.74, 6) is 0.999. The fourth-order valence-electron chi connectivity index (χ4n) is 6.48. The van der Waals surface area contributed by atoms with E-state index in [4.69, 9.17) is 16.3 Å². The highest BCUT2D eigenvalue weighted by molar-refractivity contribution is 6.30. The van der Waals surface area contributed by atoms with E-state index < -0.39 is 0 Å². The van der Waals surface area contributed by atoms with Gasteiger partial charge in [0.1, 0.15) is 12.4 Å². The van der Waals surface area contributed by atoms with Gasteiger partial charge < -0.3 is 15.0 Å². The summed E-state index contributed by atoms with van der Waals surface area (Å²) < 4.78 is 6.57. The van der Waals surface area contributed by atoms with Gasteiger partial charge in [-0.25, -0.2) is 0 Å². The first-order chi connectivity index (χ1) is 19.8. The molecular weight excluding hydrogens is 528 g/mol. The molecule has 210 valence electrons. The van der Waals surface area contributed by atoms with E-state index in [2.05, 4.69) is 92.5 Å². The molecule has 1 heterocycles. The standard InChI is InChI=1S/C36H37ClN2O2/c1-5-39(6-2)26-16-17-28(32(19-26)41-22-23-11-14-25(37)15-12-23)35-34-29(20-36(3,4)21-31(34)40)33-27-10-8-7-9-24(27)13-18-30(33)38-35/h7-19,35,38H,5-6,20-22H2,1-4H3/t35-/m0/s1. The summed E-state index contributed by atoms with van der Waals surface area (Å²) in [6.45, 7) is 10.9. The van der Waals surface area contributed by atoms with Gasteiger partial charge in [0.25, 0.3) is 0 Å². The number of allylic oxidation sites excluding steroid dienone is 1. The largest absolute Gasteiger partial charge is 0.488 e. The first-order valence-corrected chi connectivity index (χ1v) is 15.0. The lowest BCUT2D eigenvalue weighted by molar-refractivity contribution is -0.118. The number of rotatable bonds is 7. The van der Waals surface area contributed by atoms with Gasteiger partial charge in [-0.05, 0) is 71.9 Å². The van der Waals surface area contributed by atoms with Gasteiger partial charge in [0.2, 0.25) is 0 Å². The van der Waals surface area contributed by atoms with Gasteiger partial charge in [0, 0.05) is 58.7 Å². The molecular formula is C36H37ClN2O2. The lowest BCUT2D eigenvalue weighted by Gasteiger charge is -2.40. The Kier molecular flexibility index (Phi) is 7.29. The first kappa shape index (κ1) is 27.4. The number of benzene rings is 4. The van der Waals surface area contributed by atoms with Crippen molar-refractivity contribution in [3.8, 4) is 5.75 Å². The van der Waals surface area contributed by atoms with Crippen molar-refractivity contribution < 1.29 is 9.53 Å². The Morgan fingerprint density at radius 2 is 1.71 bits per heavy atom. The number of hydrogen-bond acceptors (Lipinski definition) is 4. The first-order valence-electron chi connectivity index (χ1n) is 14.6. The van der Waals surface area contributed by atoms with E-state index in [9.17, 15) is 4.79 Å². The highest BCUT2D eigenvalue weighted by Crippen LogP contribution is 2.53. The highest BCUT2D eigenvalue weighted by Gasteiger charge is 2.41. The minimum Gasteiger partial charge on any atom is -0.488 e. The fourth-order valence-corrected chi connectivity index (χ4v) is 6.61. The van der Waals surface area contributed by atoms with Crippen LogP contribution in [-0.4, -0.2) is 18.9 Å². The average molecular weight is 565 g/mol. The Bertz CT molecular complexity index is 1650. The number of anilines is 2. The maximum absolute atomic E-state index is 14.0. The molecule has 1 N–H and O–H groups in total. The summed E-state index contributed by atoms with van der Waals surface area (Å²) in [5, 5.41) is 6.87. The summed E-state index contributed by atoms with van der Waals surface area (Å²) in [6.07, 6.45) is 1.38. The van der Waals surface area contributed by atoms with Crippen LogP contribution in [0.1, 0.15) is 63.3 Å². The van der Waals surface area contributed by atoms with E-state index in [1.54, 1.807) is 0 Å². The normalized spacial score (nSPS) is 17.6. The number of halogens is 1. The van der Waals surface area contributed by atoms with Crippen LogP contribution in [0.2, 0.25) is 5.02 Å². The topological polar surface area (TPSA) is 41.6 Å². The van der Waals surface area contributed by atoms with Crippen LogP contribution < -0.4 is 15.0 Å². The van der Waals surface area contributed by atoms with Gasteiger partial charge in [-0.15, -0.1) is 0 Å². The van der Waals surface area contributed by atoms with E-state index in [0.717, 1.165) is 53.3 Å². The molecule has 1 aliphatic carbocycles. The van der Waals surface area contributed by atoms with Gasteiger partial charge >= 0.3 is 0 Å². The zero-order chi connectivity index (χ0) is 28.7. The maximum atomic E-state index is 14.0. The molecule has 0 spiro atoms. The number of hydrogen-bond donors (Lipinski definition) is 1. The zero-order valence-electron chi connectivity index (χ0n) is 24.3. The van der Waals surface area contributed by atoms with Crippen molar-refractivity contribution in [3.63, 3.8) is 0 Å². The van der Waals surface area contributed by atoms with E-state index in [1.165, 1.54) is 21.9 Å². The third-order valence-corrected chi connectivity index (χ3v) is 8.74. The monoisotopic (exact) mass is 564 g/mol. The minimum absolute atomic E-state index is 0.105. The number of Topliss-reactive ketones (excluding diaryl/α,β-unsaturated/α-hetero) is 1. The van der Waals surface area contributed by atoms with E-state index in [0.29, 0.717) is 18.1 Å². The Labute approximate surface area is 248 Å². The molecule has 4 aromatic rings. The van der Waals surface area contributed by atoms with Gasteiger partial charge in [0.05, 0.1) is 6.04 Å². The molecule has 0 unspecified atom stereocenters. The van der Waals surface area contributed by atoms with Crippen molar-refractivity contribution in [2.24, 2.45) is 5.41 Å². The van der Waals surface area contributed by atoms with Crippen LogP contribution in [0, 0.1) is 5.41 Å². The summed E-state index contributed by atoms with van der Waals surface area (Å²) in [5.41, 5.74) is 7.29. The fraction of sp³-hybridized carbons (Fsp3) is 0.306. The Balaban J connectivity index is 1.50. The highest BCUT2D eigenvalue weighted by atomic mass is 35.5. The van der Waals surface area contributed by atoms with Crippen LogP contribution in [0.5, 0.6) is 5.75 Å². The molecule has 4 aromatic carbocycles. The van der Waals surface area contributed by atoms with Gasteiger partial charge in [0.15, 0.2) is 5.78 Å². The number of ketones is 1. The quantitative estimate of drug-likeness (QED) is 0.243. The summed E-state index contributed by atoms with van der Waals surface area (Å²) in [4.78, 5) is 16.3. The smallest absolute Gasteiger partial charge is 0.162 e. The lowest BCUT2D eigenvalue weighted by atomic mass is 9.67. The molecule has 0 fully saturated rings. The SMILES string of the molecule is CCN(CC)c1ccc([C@@H]2Nc3ccc4ccccc4c3C3=C2C(=O)CC(C)(C)C3)c(OCc2ccc(Cl)cc2)c1. The van der Waals surface area contributed by atoms with E-state index in [-0.39, 0.29) is 17.2 Å². The number of nitrogens with one attached hydrogen (secondary N) is 1. The molecule has 1 atom stereocenters. The number of nitrogens with zero attached hydrogens (tertiary/aromatic N) is 1. The average Bonchev–Trinajstić information content (AvgIpc) is 2.96. The molecule has 0 aromatic heterocycles. The number of fused-ring (bicyclic) bond motifs is 4. The van der Waals surface area contributed by atoms with Crippen molar-refractivity contribution in [1.29, 1.82) is 0 Å². The molecule has 1 aliphatic heterocycles. The van der Waals surface area contributed by atoms with Gasteiger partial charge in [-0.2, -0.15) is 0 Å². The third-order valence-electron chi connectivity index (χ3n) is 8.48. The molecule has 0 saturated carbocycles. The molecule has 5 heteroatoms. The Hall–Kier alpha value is -3.76. The van der Waals surface area contributed by atoms with Crippen molar-refractivity contribution in [2.75, 3.05) is 23.3 Å². The Morgan fingerprint density at radius 1 is 0.951 bits per heavy atom. The molecule has 6 rings (SSSR count). The van der Waals surface area contributed by atoms with E-state index in [1.807, 2.05) is 24.3 Å². The molecule has 0 saturated heterocycles. The number of carbonyl (C=O) groups is 1. The zero-order valence-corrected chi connectivity index (χ0v) is 25.0. The second-order valence-electron chi connectivity index (χ2n) is 11.9. The van der Waals surface area contributed by atoms with Crippen molar-refractivity contribution in [1.82, 2.24) is 0 Å². The van der Waals surface area contributed by atoms with Gasteiger partial charge in [-0.1, -0.05) is 74.0 Å². The van der Waals surface area contributed by atoms with E-state index >= 15 is 0 Å². The molecule has 41 heavy (non-hydrogen) atoms. The summed E-state index contributed by atoms with van der Waals surface area (Å²) in [6, 6.07) is 26.7. The van der Waals surface area contributed by atoms with Crippen molar-refractivity contribution in [2.45, 2.75) is 53.2 Å². The van der Waals surface area contributed by atoms with Crippen molar-refractivity contribution >= 4 is 45.1 Å². The molecule has 0 radical (unpaired) electrons. The lowest BCUT2D eigenvalue weighted by Crippen LogP contribution is -2.33. The second-order valence-corrected chi connectivity index (χ2v) is 12.4. The van der Waals surface area contributed by atoms with Crippen LogP contribution in [0.25, 0.3) is 16.3 Å². The number of carbonyl (C=O) groups excluding carboxylic acids is 1. The number of ether oxygens (including phenoxy) is 1. The summed E-state index contributed by atoms with van der Waals surface area (Å²) >= 11 is 6.13. The minimum atomic E-state index is -0.298. The third kappa shape index (κ3) is 5.22. The van der Waals surface area contributed by atoms with Crippen LogP contribution in [-0.2, 0) is 11.4 Å².